The van der Waals surface area contributed by atoms with Crippen molar-refractivity contribution >= 4 is 28.4 Å². The van der Waals surface area contributed by atoms with E-state index in [4.69, 9.17) is 9.47 Å². The molecule has 0 amide bonds. The number of benzene rings is 3. The number of ether oxygens (including phenoxy) is 2. The maximum atomic E-state index is 12.7. The highest BCUT2D eigenvalue weighted by Crippen LogP contribution is 2.37. The first-order valence-corrected chi connectivity index (χ1v) is 11.9. The molecule has 0 aromatic heterocycles. The molecule has 1 aliphatic rings. The van der Waals surface area contributed by atoms with E-state index < -0.39 is 0 Å². The summed E-state index contributed by atoms with van der Waals surface area (Å²) < 4.78 is 10.8. The highest BCUT2D eigenvalue weighted by Gasteiger charge is 2.22. The second-order valence-corrected chi connectivity index (χ2v) is 9.06. The van der Waals surface area contributed by atoms with Crippen molar-refractivity contribution in [1.29, 1.82) is 0 Å². The van der Waals surface area contributed by atoms with Gasteiger partial charge in [0.05, 0.1) is 19.3 Å². The molecule has 3 aromatic carbocycles. The van der Waals surface area contributed by atoms with Gasteiger partial charge in [0, 0.05) is 6.54 Å². The Hall–Kier alpha value is -3.37. The lowest BCUT2D eigenvalue weighted by atomic mass is 9.81. The molecular weight excluding hydrogens is 422 g/mol. The minimum atomic E-state index is -0.277. The van der Waals surface area contributed by atoms with Crippen molar-refractivity contribution in [2.24, 2.45) is 5.92 Å². The predicted molar refractivity (Wildman–Crippen MR) is 140 cm³/mol. The van der Waals surface area contributed by atoms with Crippen LogP contribution in [0.25, 0.3) is 22.4 Å². The zero-order valence-electron chi connectivity index (χ0n) is 20.5. The van der Waals surface area contributed by atoms with Crippen LogP contribution in [-0.2, 0) is 4.74 Å². The molecule has 3 aromatic rings. The molecule has 0 fully saturated rings. The lowest BCUT2D eigenvalue weighted by Gasteiger charge is -2.29. The highest BCUT2D eigenvalue weighted by molar-refractivity contribution is 6.05. The lowest BCUT2D eigenvalue weighted by Crippen LogP contribution is -2.24. The second kappa shape index (κ2) is 10.7. The molecule has 0 N–H and O–H groups in total. The maximum Gasteiger partial charge on any atom is 0.338 e. The van der Waals surface area contributed by atoms with Crippen LogP contribution in [-0.4, -0.2) is 45.2 Å². The van der Waals surface area contributed by atoms with E-state index in [1.165, 1.54) is 16.7 Å². The molecular formula is C30H33NO3. The Balaban J connectivity index is 1.78. The van der Waals surface area contributed by atoms with E-state index in [2.05, 4.69) is 55.4 Å². The standard InChI is InChI=1S/C30H33NO3/c1-5-34-30(32)29-18-22(16-23-9-6-7-12-27(23)29)15-21-13-14-25(20-31(2)3)28(17-21)24-10-8-11-26(19-24)33-4/h6-12,15-19,25H,5,13-14,20H2,1-4H3/b21-15+. The van der Waals surface area contributed by atoms with E-state index in [9.17, 15) is 4.79 Å². The van der Waals surface area contributed by atoms with Gasteiger partial charge in [0.1, 0.15) is 5.75 Å². The van der Waals surface area contributed by atoms with Crippen LogP contribution in [0.2, 0.25) is 0 Å². The van der Waals surface area contributed by atoms with E-state index in [0.29, 0.717) is 18.1 Å². The molecule has 0 heterocycles. The molecule has 0 saturated carbocycles. The Kier molecular flexibility index (Phi) is 7.49. The van der Waals surface area contributed by atoms with Crippen LogP contribution in [0, 0.1) is 5.92 Å². The largest absolute Gasteiger partial charge is 0.497 e. The maximum absolute atomic E-state index is 12.7. The van der Waals surface area contributed by atoms with Crippen molar-refractivity contribution in [2.45, 2.75) is 19.8 Å². The van der Waals surface area contributed by atoms with E-state index in [-0.39, 0.29) is 5.97 Å². The number of rotatable bonds is 7. The second-order valence-electron chi connectivity index (χ2n) is 9.06. The fraction of sp³-hybridized carbons (Fsp3) is 0.300. The molecule has 0 radical (unpaired) electrons. The summed E-state index contributed by atoms with van der Waals surface area (Å²) in [7, 11) is 5.96. The molecule has 4 heteroatoms. The Morgan fingerprint density at radius 3 is 2.68 bits per heavy atom. The van der Waals surface area contributed by atoms with Gasteiger partial charge in [-0.1, -0.05) is 48.6 Å². The van der Waals surface area contributed by atoms with Gasteiger partial charge >= 0.3 is 5.97 Å². The smallest absolute Gasteiger partial charge is 0.338 e. The molecule has 1 unspecified atom stereocenters. The first-order valence-electron chi connectivity index (χ1n) is 11.9. The van der Waals surface area contributed by atoms with Crippen LogP contribution >= 0.6 is 0 Å². The molecule has 0 spiro atoms. The average molecular weight is 456 g/mol. The van der Waals surface area contributed by atoms with Gasteiger partial charge in [-0.2, -0.15) is 0 Å². The molecule has 176 valence electrons. The number of hydrogen-bond acceptors (Lipinski definition) is 4. The minimum absolute atomic E-state index is 0.277. The van der Waals surface area contributed by atoms with Gasteiger partial charge in [-0.25, -0.2) is 4.79 Å². The van der Waals surface area contributed by atoms with Gasteiger partial charge in [-0.15, -0.1) is 0 Å². The third-order valence-electron chi connectivity index (χ3n) is 6.28. The van der Waals surface area contributed by atoms with E-state index in [1.54, 1.807) is 7.11 Å². The highest BCUT2D eigenvalue weighted by atomic mass is 16.5. The number of hydrogen-bond donors (Lipinski definition) is 0. The van der Waals surface area contributed by atoms with Gasteiger partial charge in [-0.3, -0.25) is 0 Å². The van der Waals surface area contributed by atoms with E-state index >= 15 is 0 Å². The number of nitrogens with zero attached hydrogens (tertiary/aromatic N) is 1. The number of methoxy groups -OCH3 is 1. The van der Waals surface area contributed by atoms with Crippen LogP contribution in [0.15, 0.2) is 72.3 Å². The number of carbonyl (C=O) groups is 1. The summed E-state index contributed by atoms with van der Waals surface area (Å²) in [5.74, 6) is 1.04. The summed E-state index contributed by atoms with van der Waals surface area (Å²) in [6.45, 7) is 3.20. The summed E-state index contributed by atoms with van der Waals surface area (Å²) >= 11 is 0. The Morgan fingerprint density at radius 1 is 1.09 bits per heavy atom. The summed E-state index contributed by atoms with van der Waals surface area (Å²) in [4.78, 5) is 14.9. The predicted octanol–water partition coefficient (Wildman–Crippen LogP) is 6.46. The van der Waals surface area contributed by atoms with Crippen molar-refractivity contribution in [1.82, 2.24) is 4.90 Å². The topological polar surface area (TPSA) is 38.8 Å². The van der Waals surface area contributed by atoms with E-state index in [1.807, 2.05) is 43.3 Å². The van der Waals surface area contributed by atoms with Crippen molar-refractivity contribution in [3.05, 3.63) is 89.0 Å². The Labute approximate surface area is 202 Å². The normalized spacial score (nSPS) is 17.1. The fourth-order valence-electron chi connectivity index (χ4n) is 4.76. The first-order chi connectivity index (χ1) is 16.5. The molecule has 0 saturated heterocycles. The third kappa shape index (κ3) is 5.40. The van der Waals surface area contributed by atoms with Crippen molar-refractivity contribution < 1.29 is 14.3 Å². The van der Waals surface area contributed by atoms with Crippen LogP contribution in [0.5, 0.6) is 5.75 Å². The van der Waals surface area contributed by atoms with Crippen LogP contribution < -0.4 is 4.74 Å². The minimum Gasteiger partial charge on any atom is -0.497 e. The quantitative estimate of drug-likeness (QED) is 0.383. The lowest BCUT2D eigenvalue weighted by molar-refractivity contribution is 0.0528. The fourth-order valence-corrected chi connectivity index (χ4v) is 4.76. The first kappa shape index (κ1) is 23.8. The van der Waals surface area contributed by atoms with Crippen molar-refractivity contribution in [3.8, 4) is 5.75 Å². The van der Waals surface area contributed by atoms with Crippen LogP contribution in [0.3, 0.4) is 0 Å². The molecule has 0 aliphatic heterocycles. The molecule has 1 aliphatic carbocycles. The Morgan fingerprint density at radius 2 is 1.91 bits per heavy atom. The summed E-state index contributed by atoms with van der Waals surface area (Å²) in [5, 5.41) is 1.96. The Bertz CT molecular complexity index is 1240. The zero-order valence-corrected chi connectivity index (χ0v) is 20.5. The number of carbonyl (C=O) groups excluding carboxylic acids is 1. The van der Waals surface area contributed by atoms with E-state index in [0.717, 1.165) is 41.5 Å². The van der Waals surface area contributed by atoms with Gasteiger partial charge in [0.2, 0.25) is 0 Å². The summed E-state index contributed by atoms with van der Waals surface area (Å²) in [5.41, 5.74) is 5.42. The van der Waals surface area contributed by atoms with Gasteiger partial charge < -0.3 is 14.4 Å². The van der Waals surface area contributed by atoms with Crippen molar-refractivity contribution in [3.63, 3.8) is 0 Å². The average Bonchev–Trinajstić information content (AvgIpc) is 2.84. The summed E-state index contributed by atoms with van der Waals surface area (Å²) in [6.07, 6.45) is 6.60. The van der Waals surface area contributed by atoms with Gasteiger partial charge in [-0.05, 0) is 97.1 Å². The molecule has 34 heavy (non-hydrogen) atoms. The molecule has 1 atom stereocenters. The number of allylic oxidation sites excluding steroid dienone is 2. The van der Waals surface area contributed by atoms with Gasteiger partial charge in [0.15, 0.2) is 0 Å². The number of fused-ring (bicyclic) bond motifs is 1. The molecule has 4 rings (SSSR count). The SMILES string of the molecule is CCOC(=O)c1cc(/C=C2/C=C(c3cccc(OC)c3)C(CN(C)C)CC2)cc2ccccc12. The van der Waals surface area contributed by atoms with Crippen LogP contribution in [0.1, 0.15) is 41.3 Å². The summed E-state index contributed by atoms with van der Waals surface area (Å²) in [6, 6.07) is 20.4. The number of esters is 1. The van der Waals surface area contributed by atoms with Crippen molar-refractivity contribution in [2.75, 3.05) is 34.4 Å². The van der Waals surface area contributed by atoms with Crippen LogP contribution in [0.4, 0.5) is 0 Å². The molecule has 4 nitrogen and oxygen atoms in total. The third-order valence-corrected chi connectivity index (χ3v) is 6.28. The van der Waals surface area contributed by atoms with Gasteiger partial charge in [0.25, 0.3) is 0 Å². The molecule has 0 bridgehead atoms. The monoisotopic (exact) mass is 455 g/mol. The zero-order chi connectivity index (χ0) is 24.1.